The molecular formula is C20H20Cl2N4OS. The van der Waals surface area contributed by atoms with Gasteiger partial charge in [-0.25, -0.2) is 0 Å². The van der Waals surface area contributed by atoms with E-state index in [-0.39, 0.29) is 17.7 Å². The highest BCUT2D eigenvalue weighted by Crippen LogP contribution is 2.26. The first kappa shape index (κ1) is 20.7. The zero-order chi connectivity index (χ0) is 20.1. The molecule has 28 heavy (non-hydrogen) atoms. The number of rotatable bonds is 7. The highest BCUT2D eigenvalue weighted by atomic mass is 35.5. The van der Waals surface area contributed by atoms with Crippen molar-refractivity contribution >= 4 is 40.9 Å². The number of aryl methyl sites for hydroxylation is 1. The van der Waals surface area contributed by atoms with Crippen LogP contribution in [0.15, 0.2) is 53.7 Å². The predicted octanol–water partition coefficient (Wildman–Crippen LogP) is 4.91. The molecule has 0 aliphatic carbocycles. The number of hydrogen-bond donors (Lipinski definition) is 1. The second-order valence-corrected chi connectivity index (χ2v) is 8.11. The summed E-state index contributed by atoms with van der Waals surface area (Å²) < 4.78 is 2.01. The van der Waals surface area contributed by atoms with E-state index in [4.69, 9.17) is 23.2 Å². The van der Waals surface area contributed by atoms with E-state index in [0.717, 1.165) is 22.1 Å². The van der Waals surface area contributed by atoms with Gasteiger partial charge in [-0.05, 0) is 37.1 Å². The van der Waals surface area contributed by atoms with Gasteiger partial charge >= 0.3 is 0 Å². The second-order valence-electron chi connectivity index (χ2n) is 6.35. The minimum Gasteiger partial charge on any atom is -0.349 e. The molecule has 8 heteroatoms. The molecule has 0 saturated carbocycles. The molecule has 1 N–H and O–H groups in total. The van der Waals surface area contributed by atoms with Gasteiger partial charge < -0.3 is 9.88 Å². The largest absolute Gasteiger partial charge is 0.349 e. The molecule has 3 rings (SSSR count). The summed E-state index contributed by atoms with van der Waals surface area (Å²) in [5.41, 5.74) is 2.06. The van der Waals surface area contributed by atoms with Gasteiger partial charge in [0.1, 0.15) is 5.82 Å². The third kappa shape index (κ3) is 5.28. The summed E-state index contributed by atoms with van der Waals surface area (Å²) in [6.45, 7) is 4.49. The maximum absolute atomic E-state index is 12.4. The number of nitrogens with one attached hydrogen (secondary N) is 1. The van der Waals surface area contributed by atoms with Gasteiger partial charge in [0.05, 0.1) is 28.4 Å². The summed E-state index contributed by atoms with van der Waals surface area (Å²) in [5, 5.41) is 13.0. The van der Waals surface area contributed by atoms with Crippen LogP contribution >= 0.6 is 35.0 Å². The van der Waals surface area contributed by atoms with Gasteiger partial charge in [-0.1, -0.05) is 71.4 Å². The first-order valence-electron chi connectivity index (χ1n) is 8.75. The Morgan fingerprint density at radius 1 is 1.14 bits per heavy atom. The minimum absolute atomic E-state index is 0.0875. The standard InChI is InChI=1S/C20H20Cl2N4OS/c1-13(16-8-9-17(21)18(22)10-16)23-19(27)12-28-20-25-24-14(2)26(20)11-15-6-4-3-5-7-15/h3-10,13H,11-12H2,1-2H3,(H,23,27). The van der Waals surface area contributed by atoms with Gasteiger partial charge in [-0.2, -0.15) is 0 Å². The van der Waals surface area contributed by atoms with Crippen molar-refractivity contribution in [1.82, 2.24) is 20.1 Å². The average Bonchev–Trinajstić information content (AvgIpc) is 3.03. The Balaban J connectivity index is 1.59. The molecule has 0 aliphatic rings. The smallest absolute Gasteiger partial charge is 0.230 e. The molecule has 0 saturated heterocycles. The summed E-state index contributed by atoms with van der Waals surface area (Å²) >= 11 is 13.4. The lowest BCUT2D eigenvalue weighted by Gasteiger charge is -2.15. The topological polar surface area (TPSA) is 59.8 Å². The van der Waals surface area contributed by atoms with Crippen molar-refractivity contribution in [2.45, 2.75) is 31.6 Å². The van der Waals surface area contributed by atoms with Crippen LogP contribution < -0.4 is 5.32 Å². The first-order chi connectivity index (χ1) is 13.4. The quantitative estimate of drug-likeness (QED) is 0.536. The van der Waals surface area contributed by atoms with Crippen molar-refractivity contribution in [3.05, 3.63) is 75.5 Å². The molecule has 1 unspecified atom stereocenters. The molecule has 0 aliphatic heterocycles. The first-order valence-corrected chi connectivity index (χ1v) is 10.5. The number of carbonyl (C=O) groups excluding carboxylic acids is 1. The highest BCUT2D eigenvalue weighted by molar-refractivity contribution is 7.99. The van der Waals surface area contributed by atoms with Gasteiger partial charge in [0.25, 0.3) is 0 Å². The number of amides is 1. The van der Waals surface area contributed by atoms with Crippen molar-refractivity contribution in [1.29, 1.82) is 0 Å². The van der Waals surface area contributed by atoms with E-state index in [2.05, 4.69) is 27.6 Å². The third-order valence-electron chi connectivity index (χ3n) is 4.24. The molecule has 1 heterocycles. The summed E-state index contributed by atoms with van der Waals surface area (Å²) in [7, 11) is 0. The highest BCUT2D eigenvalue weighted by Gasteiger charge is 2.15. The average molecular weight is 435 g/mol. The number of carbonyl (C=O) groups is 1. The summed E-state index contributed by atoms with van der Waals surface area (Å²) in [4.78, 5) is 12.4. The van der Waals surface area contributed by atoms with Gasteiger partial charge in [-0.15, -0.1) is 10.2 Å². The number of halogens is 2. The van der Waals surface area contributed by atoms with Crippen LogP contribution in [0.3, 0.4) is 0 Å². The van der Waals surface area contributed by atoms with Crippen LogP contribution in [0, 0.1) is 6.92 Å². The number of benzene rings is 2. The maximum Gasteiger partial charge on any atom is 0.230 e. The van der Waals surface area contributed by atoms with Gasteiger partial charge in [0, 0.05) is 0 Å². The minimum atomic E-state index is -0.174. The zero-order valence-electron chi connectivity index (χ0n) is 15.5. The summed E-state index contributed by atoms with van der Waals surface area (Å²) in [5.74, 6) is 0.977. The van der Waals surface area contributed by atoms with E-state index in [0.29, 0.717) is 16.6 Å². The Bertz CT molecular complexity index is 962. The second kappa shape index (κ2) is 9.45. The van der Waals surface area contributed by atoms with Crippen LogP contribution in [0.1, 0.15) is 29.9 Å². The Hall–Kier alpha value is -2.02. The molecule has 0 radical (unpaired) electrons. The fourth-order valence-corrected chi connectivity index (χ4v) is 3.80. The van der Waals surface area contributed by atoms with Crippen LogP contribution in [0.25, 0.3) is 0 Å². The van der Waals surface area contributed by atoms with E-state index in [1.165, 1.54) is 11.8 Å². The van der Waals surface area contributed by atoms with Gasteiger partial charge in [0.15, 0.2) is 5.16 Å². The SMILES string of the molecule is Cc1nnc(SCC(=O)NC(C)c2ccc(Cl)c(Cl)c2)n1Cc1ccccc1. The number of hydrogen-bond acceptors (Lipinski definition) is 4. The van der Waals surface area contributed by atoms with E-state index in [9.17, 15) is 4.79 Å². The normalized spacial score (nSPS) is 12.0. The summed E-state index contributed by atoms with van der Waals surface area (Å²) in [6, 6.07) is 15.3. The van der Waals surface area contributed by atoms with Crippen LogP contribution in [-0.4, -0.2) is 26.4 Å². The van der Waals surface area contributed by atoms with Crippen LogP contribution in [-0.2, 0) is 11.3 Å². The number of thioether (sulfide) groups is 1. The van der Waals surface area contributed by atoms with Crippen molar-refractivity contribution in [2.75, 3.05) is 5.75 Å². The third-order valence-corrected chi connectivity index (χ3v) is 5.94. The van der Waals surface area contributed by atoms with Crippen molar-refractivity contribution in [3.8, 4) is 0 Å². The van der Waals surface area contributed by atoms with Crippen LogP contribution in [0.2, 0.25) is 10.0 Å². The predicted molar refractivity (Wildman–Crippen MR) is 114 cm³/mol. The lowest BCUT2D eigenvalue weighted by molar-refractivity contribution is -0.119. The van der Waals surface area contributed by atoms with Gasteiger partial charge in [0.2, 0.25) is 5.91 Å². The molecule has 3 aromatic rings. The van der Waals surface area contributed by atoms with Crippen LogP contribution in [0.4, 0.5) is 0 Å². The Kier molecular flexibility index (Phi) is 6.99. The Labute approximate surface area is 178 Å². The van der Waals surface area contributed by atoms with Gasteiger partial charge in [-0.3, -0.25) is 4.79 Å². The molecule has 1 amide bonds. The molecular weight excluding hydrogens is 415 g/mol. The summed E-state index contributed by atoms with van der Waals surface area (Å²) in [6.07, 6.45) is 0. The van der Waals surface area contributed by atoms with E-state index < -0.39 is 0 Å². The Morgan fingerprint density at radius 2 is 1.89 bits per heavy atom. The molecule has 0 fully saturated rings. The lowest BCUT2D eigenvalue weighted by Crippen LogP contribution is -2.28. The molecule has 2 aromatic carbocycles. The van der Waals surface area contributed by atoms with Crippen LogP contribution in [0.5, 0.6) is 0 Å². The molecule has 5 nitrogen and oxygen atoms in total. The molecule has 0 bridgehead atoms. The fourth-order valence-electron chi connectivity index (χ4n) is 2.69. The van der Waals surface area contributed by atoms with Crippen molar-refractivity contribution < 1.29 is 4.79 Å². The molecule has 146 valence electrons. The zero-order valence-corrected chi connectivity index (χ0v) is 17.9. The fraction of sp³-hybridized carbons (Fsp3) is 0.250. The van der Waals surface area contributed by atoms with E-state index in [1.807, 2.05) is 42.7 Å². The number of aromatic nitrogens is 3. The molecule has 0 spiro atoms. The maximum atomic E-state index is 12.4. The molecule has 1 aromatic heterocycles. The molecule has 1 atom stereocenters. The van der Waals surface area contributed by atoms with Crippen molar-refractivity contribution in [2.24, 2.45) is 0 Å². The monoisotopic (exact) mass is 434 g/mol. The van der Waals surface area contributed by atoms with E-state index in [1.54, 1.807) is 12.1 Å². The lowest BCUT2D eigenvalue weighted by atomic mass is 10.1. The number of nitrogens with zero attached hydrogens (tertiary/aromatic N) is 3. The Morgan fingerprint density at radius 3 is 2.61 bits per heavy atom. The van der Waals surface area contributed by atoms with Crippen molar-refractivity contribution in [3.63, 3.8) is 0 Å². The van der Waals surface area contributed by atoms with E-state index >= 15 is 0 Å².